The molecule has 0 fully saturated rings. The predicted molar refractivity (Wildman–Crippen MR) is 122 cm³/mol. The van der Waals surface area contributed by atoms with Crippen molar-refractivity contribution < 1.29 is 0 Å². The highest BCUT2D eigenvalue weighted by Crippen LogP contribution is 2.39. The molecule has 0 saturated heterocycles. The summed E-state index contributed by atoms with van der Waals surface area (Å²) >= 11 is 1.87. The Hall–Kier alpha value is -1.86. The molecule has 0 amide bonds. The lowest BCUT2D eigenvalue weighted by molar-refractivity contribution is 1.25. The van der Waals surface area contributed by atoms with Gasteiger partial charge in [-0.15, -0.1) is 11.3 Å². The Balaban J connectivity index is 0.000000515. The maximum absolute atomic E-state index is 2.37. The van der Waals surface area contributed by atoms with Gasteiger partial charge in [-0.2, -0.15) is 0 Å². The van der Waals surface area contributed by atoms with Crippen LogP contribution in [0.5, 0.6) is 0 Å². The van der Waals surface area contributed by atoms with Crippen LogP contribution in [0.25, 0.3) is 21.6 Å². The van der Waals surface area contributed by atoms with Gasteiger partial charge in [-0.25, -0.2) is 0 Å². The number of hydrogen-bond donors (Lipinski definition) is 0. The number of thiophene rings is 1. The Morgan fingerprint density at radius 2 is 1.23 bits per heavy atom. The fraction of sp³-hybridized carbons (Fsp3) is 0.360. The number of rotatable bonds is 1. The van der Waals surface area contributed by atoms with Gasteiger partial charge in [-0.3, -0.25) is 0 Å². The van der Waals surface area contributed by atoms with Crippen molar-refractivity contribution in [2.75, 3.05) is 0 Å². The average Bonchev–Trinajstić information content (AvgIpc) is 3.28. The van der Waals surface area contributed by atoms with Crippen molar-refractivity contribution in [2.45, 2.75) is 61.8 Å². The van der Waals surface area contributed by atoms with Gasteiger partial charge in [0.05, 0.1) is 0 Å². The first-order valence-corrected chi connectivity index (χ1v) is 10.8. The third-order valence-corrected chi connectivity index (χ3v) is 5.11. The second-order valence-electron chi connectivity index (χ2n) is 5.62. The second-order valence-corrected chi connectivity index (χ2v) is 6.91. The highest BCUT2D eigenvalue weighted by atomic mass is 32.1. The molecule has 0 saturated carbocycles. The molecule has 1 aliphatic carbocycles. The van der Waals surface area contributed by atoms with Crippen molar-refractivity contribution in [3.05, 3.63) is 70.1 Å². The van der Waals surface area contributed by atoms with Crippen LogP contribution >= 0.6 is 11.3 Å². The van der Waals surface area contributed by atoms with Crippen LogP contribution in [0.4, 0.5) is 0 Å². The van der Waals surface area contributed by atoms with E-state index in [1.807, 2.05) is 52.9 Å². The number of hydrogen-bond acceptors (Lipinski definition) is 1. The summed E-state index contributed by atoms with van der Waals surface area (Å²) in [4.78, 5) is 2.75. The van der Waals surface area contributed by atoms with Crippen LogP contribution in [-0.4, -0.2) is 0 Å². The van der Waals surface area contributed by atoms with Crippen LogP contribution in [0.1, 0.15) is 63.1 Å². The Bertz CT molecular complexity index is 809. The van der Waals surface area contributed by atoms with Gasteiger partial charge in [0, 0.05) is 9.75 Å². The molecule has 0 N–H and O–H groups in total. The lowest BCUT2D eigenvalue weighted by Crippen LogP contribution is -1.82. The molecule has 2 aromatic carbocycles. The Labute approximate surface area is 164 Å². The molecule has 0 nitrogen and oxygen atoms in total. The van der Waals surface area contributed by atoms with Crippen molar-refractivity contribution in [2.24, 2.45) is 0 Å². The van der Waals surface area contributed by atoms with Crippen molar-refractivity contribution in [3.63, 3.8) is 0 Å². The zero-order valence-corrected chi connectivity index (χ0v) is 18.6. The van der Waals surface area contributed by atoms with Gasteiger partial charge in [-0.1, -0.05) is 77.4 Å². The van der Waals surface area contributed by atoms with E-state index in [0.29, 0.717) is 0 Å². The quantitative estimate of drug-likeness (QED) is 0.316. The van der Waals surface area contributed by atoms with Crippen LogP contribution in [0.3, 0.4) is 0 Å². The van der Waals surface area contributed by atoms with Crippen molar-refractivity contribution in [3.8, 4) is 21.6 Å². The first-order valence-electron chi connectivity index (χ1n) is 10.0. The van der Waals surface area contributed by atoms with Crippen molar-refractivity contribution in [1.29, 1.82) is 0 Å². The predicted octanol–water partition coefficient (Wildman–Crippen LogP) is 8.68. The minimum atomic E-state index is 1.07. The zero-order valence-electron chi connectivity index (χ0n) is 17.7. The molecular formula is C25H34S. The first-order chi connectivity index (χ1) is 12.7. The SMILES string of the molecule is CC.CC.CC.Cc1ccc2c(c1)Cc1cc(-c3ccc(C)s3)ccc1-2. The van der Waals surface area contributed by atoms with E-state index in [1.165, 1.54) is 43.1 Å². The molecule has 26 heavy (non-hydrogen) atoms. The summed E-state index contributed by atoms with van der Waals surface area (Å²) in [6.07, 6.45) is 1.07. The maximum atomic E-state index is 2.37. The van der Waals surface area contributed by atoms with Gasteiger partial charge in [0.1, 0.15) is 0 Å². The molecule has 1 heteroatoms. The van der Waals surface area contributed by atoms with E-state index in [0.717, 1.165) is 6.42 Å². The van der Waals surface area contributed by atoms with E-state index in [4.69, 9.17) is 0 Å². The molecule has 4 rings (SSSR count). The highest BCUT2D eigenvalue weighted by Gasteiger charge is 2.18. The van der Waals surface area contributed by atoms with E-state index in [2.05, 4.69) is 62.4 Å². The normalized spacial score (nSPS) is 10.2. The topological polar surface area (TPSA) is 0 Å². The summed E-state index contributed by atoms with van der Waals surface area (Å²) in [5.74, 6) is 0. The molecule has 0 radical (unpaired) electrons. The van der Waals surface area contributed by atoms with E-state index in [1.54, 1.807) is 0 Å². The van der Waals surface area contributed by atoms with E-state index in [-0.39, 0.29) is 0 Å². The summed E-state index contributed by atoms with van der Waals surface area (Å²) in [7, 11) is 0. The Kier molecular flexibility index (Phi) is 9.37. The van der Waals surface area contributed by atoms with Crippen LogP contribution in [0, 0.1) is 13.8 Å². The van der Waals surface area contributed by atoms with Crippen molar-refractivity contribution in [1.82, 2.24) is 0 Å². The molecule has 0 bridgehead atoms. The lowest BCUT2D eigenvalue weighted by Gasteiger charge is -2.04. The molecule has 1 heterocycles. The van der Waals surface area contributed by atoms with Gasteiger partial charge >= 0.3 is 0 Å². The molecule has 0 spiro atoms. The Morgan fingerprint density at radius 1 is 0.654 bits per heavy atom. The molecular weight excluding hydrogens is 332 g/mol. The third-order valence-electron chi connectivity index (χ3n) is 4.06. The number of fused-ring (bicyclic) bond motifs is 3. The fourth-order valence-electron chi connectivity index (χ4n) is 3.08. The minimum absolute atomic E-state index is 1.07. The maximum Gasteiger partial charge on any atom is 0.0345 e. The standard InChI is InChI=1S/C19H16S.3C2H6/c1-12-3-6-17-15(9-12)11-16-10-14(5-7-18(16)17)19-8-4-13(2)20-19;3*1-2/h3-10H,11H2,1-2H3;3*1-2H3. The minimum Gasteiger partial charge on any atom is -0.141 e. The highest BCUT2D eigenvalue weighted by molar-refractivity contribution is 7.15. The molecule has 0 aliphatic heterocycles. The van der Waals surface area contributed by atoms with Crippen LogP contribution in [-0.2, 0) is 6.42 Å². The smallest absolute Gasteiger partial charge is 0.0345 e. The van der Waals surface area contributed by atoms with Gasteiger partial charge in [0.15, 0.2) is 0 Å². The van der Waals surface area contributed by atoms with E-state index < -0.39 is 0 Å². The second kappa shape index (κ2) is 11.0. The van der Waals surface area contributed by atoms with Crippen LogP contribution in [0.2, 0.25) is 0 Å². The molecule has 3 aromatic rings. The van der Waals surface area contributed by atoms with Gasteiger partial charge in [0.2, 0.25) is 0 Å². The first kappa shape index (κ1) is 22.2. The third kappa shape index (κ3) is 4.86. The van der Waals surface area contributed by atoms with E-state index >= 15 is 0 Å². The fourth-order valence-corrected chi connectivity index (χ4v) is 3.95. The summed E-state index contributed by atoms with van der Waals surface area (Å²) in [6, 6.07) is 18.2. The largest absolute Gasteiger partial charge is 0.141 e. The van der Waals surface area contributed by atoms with Gasteiger partial charge < -0.3 is 0 Å². The van der Waals surface area contributed by atoms with Crippen molar-refractivity contribution >= 4 is 11.3 Å². The molecule has 0 unspecified atom stereocenters. The summed E-state index contributed by atoms with van der Waals surface area (Å²) in [5, 5.41) is 0. The molecule has 0 atom stereocenters. The van der Waals surface area contributed by atoms with Gasteiger partial charge in [0.25, 0.3) is 0 Å². The monoisotopic (exact) mass is 366 g/mol. The Morgan fingerprint density at radius 3 is 1.81 bits per heavy atom. The zero-order chi connectivity index (χ0) is 19.7. The molecule has 1 aromatic heterocycles. The summed E-state index contributed by atoms with van der Waals surface area (Å²) in [6.45, 7) is 16.3. The summed E-state index contributed by atoms with van der Waals surface area (Å²) < 4.78 is 0. The molecule has 1 aliphatic rings. The summed E-state index contributed by atoms with van der Waals surface area (Å²) in [5.41, 5.74) is 8.47. The number of aryl methyl sites for hydroxylation is 2. The van der Waals surface area contributed by atoms with Crippen LogP contribution in [0.15, 0.2) is 48.5 Å². The molecule has 140 valence electrons. The van der Waals surface area contributed by atoms with Crippen LogP contribution < -0.4 is 0 Å². The van der Waals surface area contributed by atoms with E-state index in [9.17, 15) is 0 Å². The average molecular weight is 367 g/mol. The lowest BCUT2D eigenvalue weighted by atomic mass is 10.0. The number of benzene rings is 2. The van der Waals surface area contributed by atoms with Gasteiger partial charge in [-0.05, 0) is 66.3 Å².